The lowest BCUT2D eigenvalue weighted by atomic mass is 10.1. The van der Waals surface area contributed by atoms with E-state index in [1.807, 2.05) is 0 Å². The van der Waals surface area contributed by atoms with Crippen LogP contribution in [-0.2, 0) is 19.6 Å². The third kappa shape index (κ3) is 3.78. The van der Waals surface area contributed by atoms with E-state index in [1.165, 1.54) is 12.5 Å². The largest absolute Gasteiger partial charge is 0.477 e. The zero-order valence-corrected chi connectivity index (χ0v) is 12.7. The third-order valence-corrected chi connectivity index (χ3v) is 4.99. The van der Waals surface area contributed by atoms with Crippen LogP contribution in [0.5, 0.6) is 0 Å². The van der Waals surface area contributed by atoms with Crippen molar-refractivity contribution in [1.82, 2.24) is 4.72 Å². The summed E-state index contributed by atoms with van der Waals surface area (Å²) in [6, 6.07) is 0.0162. The molecule has 0 fully saturated rings. The number of aromatic carboxylic acids is 1. The number of methoxy groups -OCH3 is 1. The Balaban J connectivity index is 3.03. The highest BCUT2D eigenvalue weighted by Gasteiger charge is 2.29. The minimum absolute atomic E-state index is 0.0930. The Hall–Kier alpha value is -1.45. The molecule has 1 rings (SSSR count). The van der Waals surface area contributed by atoms with Crippen molar-refractivity contribution < 1.29 is 27.9 Å². The van der Waals surface area contributed by atoms with Gasteiger partial charge in [0.15, 0.2) is 0 Å². The molecule has 0 bridgehead atoms. The smallest absolute Gasteiger partial charge is 0.345 e. The average Bonchev–Trinajstić information content (AvgIpc) is 2.85. The van der Waals surface area contributed by atoms with Crippen molar-refractivity contribution >= 4 is 33.3 Å². The minimum Gasteiger partial charge on any atom is -0.477 e. The second-order valence-electron chi connectivity index (χ2n) is 4.32. The van der Waals surface area contributed by atoms with E-state index in [1.54, 1.807) is 13.8 Å². The average molecular weight is 321 g/mol. The summed E-state index contributed by atoms with van der Waals surface area (Å²) in [5.74, 6) is -2.21. The molecule has 112 valence electrons. The molecule has 20 heavy (non-hydrogen) atoms. The number of sulfonamides is 1. The second kappa shape index (κ2) is 6.33. The van der Waals surface area contributed by atoms with Gasteiger partial charge in [-0.15, -0.1) is 11.3 Å². The molecule has 0 aliphatic heterocycles. The lowest BCUT2D eigenvalue weighted by Gasteiger charge is -2.19. The second-order valence-corrected chi connectivity index (χ2v) is 6.94. The fourth-order valence-electron chi connectivity index (χ4n) is 1.39. The number of hydrogen-bond donors (Lipinski definition) is 2. The van der Waals surface area contributed by atoms with Gasteiger partial charge >= 0.3 is 11.9 Å². The van der Waals surface area contributed by atoms with E-state index in [0.717, 1.165) is 17.4 Å². The number of carbonyl (C=O) groups is 2. The van der Waals surface area contributed by atoms with Crippen LogP contribution < -0.4 is 4.72 Å². The molecule has 1 heterocycles. The quantitative estimate of drug-likeness (QED) is 0.754. The molecule has 1 aromatic heterocycles. The number of ether oxygens (including phenoxy) is 1. The number of carboxylic acids is 1. The van der Waals surface area contributed by atoms with Gasteiger partial charge in [0, 0.05) is 5.38 Å². The van der Waals surface area contributed by atoms with Crippen molar-refractivity contribution in [2.24, 2.45) is 5.92 Å². The van der Waals surface area contributed by atoms with E-state index in [4.69, 9.17) is 5.11 Å². The summed E-state index contributed by atoms with van der Waals surface area (Å²) in [5.41, 5.74) is 0. The van der Waals surface area contributed by atoms with Gasteiger partial charge in [-0.2, -0.15) is 4.72 Å². The van der Waals surface area contributed by atoms with Crippen LogP contribution >= 0.6 is 11.3 Å². The van der Waals surface area contributed by atoms with Crippen LogP contribution in [0.25, 0.3) is 0 Å². The minimum atomic E-state index is -3.98. The van der Waals surface area contributed by atoms with Crippen molar-refractivity contribution in [1.29, 1.82) is 0 Å². The summed E-state index contributed by atoms with van der Waals surface area (Å²) in [6.45, 7) is 3.33. The molecule has 1 atom stereocenters. The number of rotatable bonds is 6. The Morgan fingerprint density at radius 2 is 2.00 bits per heavy atom. The zero-order valence-electron chi connectivity index (χ0n) is 11.1. The van der Waals surface area contributed by atoms with Crippen molar-refractivity contribution in [3.05, 3.63) is 16.3 Å². The van der Waals surface area contributed by atoms with Crippen LogP contribution in [0.3, 0.4) is 0 Å². The first-order valence-corrected chi connectivity index (χ1v) is 7.97. The van der Waals surface area contributed by atoms with Gasteiger partial charge in [-0.1, -0.05) is 13.8 Å². The molecular formula is C11H15NO6S2. The maximum absolute atomic E-state index is 12.1. The summed E-state index contributed by atoms with van der Waals surface area (Å²) < 4.78 is 31.0. The van der Waals surface area contributed by atoms with E-state index >= 15 is 0 Å². The van der Waals surface area contributed by atoms with Crippen LogP contribution in [0.4, 0.5) is 0 Å². The number of hydrogen-bond acceptors (Lipinski definition) is 6. The summed E-state index contributed by atoms with van der Waals surface area (Å²) >= 11 is 0.799. The first kappa shape index (κ1) is 16.6. The molecule has 9 heteroatoms. The summed E-state index contributed by atoms with van der Waals surface area (Å²) in [7, 11) is -2.81. The topological polar surface area (TPSA) is 110 Å². The molecule has 0 saturated carbocycles. The first-order chi connectivity index (χ1) is 9.19. The highest BCUT2D eigenvalue weighted by atomic mass is 32.2. The van der Waals surface area contributed by atoms with E-state index < -0.39 is 28.0 Å². The molecule has 0 saturated heterocycles. The molecule has 1 unspecified atom stereocenters. The molecule has 0 radical (unpaired) electrons. The SMILES string of the molecule is COC(=O)C(NS(=O)(=O)c1csc(C(=O)O)c1)C(C)C. The van der Waals surface area contributed by atoms with Gasteiger partial charge < -0.3 is 9.84 Å². The molecular weight excluding hydrogens is 306 g/mol. The molecule has 0 spiro atoms. The van der Waals surface area contributed by atoms with Gasteiger partial charge in [-0.3, -0.25) is 4.79 Å². The third-order valence-electron chi connectivity index (χ3n) is 2.50. The van der Waals surface area contributed by atoms with Gasteiger partial charge in [0.1, 0.15) is 10.9 Å². The first-order valence-electron chi connectivity index (χ1n) is 5.61. The Bertz CT molecular complexity index is 604. The van der Waals surface area contributed by atoms with E-state index in [-0.39, 0.29) is 15.7 Å². The van der Waals surface area contributed by atoms with Gasteiger partial charge in [-0.05, 0) is 12.0 Å². The zero-order chi connectivity index (χ0) is 15.5. The van der Waals surface area contributed by atoms with Crippen LogP contribution in [-0.4, -0.2) is 38.6 Å². The molecule has 0 amide bonds. The Kier molecular flexibility index (Phi) is 5.26. The lowest BCUT2D eigenvalue weighted by molar-refractivity contribution is -0.143. The summed E-state index contributed by atoms with van der Waals surface area (Å²) in [4.78, 5) is 22.0. The standard InChI is InChI=1S/C11H15NO6S2/c1-6(2)9(11(15)18-3)12-20(16,17)7-4-8(10(13)14)19-5-7/h4-6,9,12H,1-3H3,(H,13,14). The molecule has 0 aliphatic carbocycles. The molecule has 2 N–H and O–H groups in total. The van der Waals surface area contributed by atoms with Gasteiger partial charge in [0.05, 0.1) is 12.0 Å². The van der Waals surface area contributed by atoms with Crippen LogP contribution in [0.1, 0.15) is 23.5 Å². The van der Waals surface area contributed by atoms with Crippen LogP contribution in [0.2, 0.25) is 0 Å². The normalized spacial score (nSPS) is 13.2. The van der Waals surface area contributed by atoms with Crippen molar-refractivity contribution in [3.63, 3.8) is 0 Å². The lowest BCUT2D eigenvalue weighted by Crippen LogP contribution is -2.44. The van der Waals surface area contributed by atoms with E-state index in [0.29, 0.717) is 0 Å². The number of thiophene rings is 1. The predicted octanol–water partition coefficient (Wildman–Crippen LogP) is 0.922. The van der Waals surface area contributed by atoms with Crippen molar-refractivity contribution in [2.45, 2.75) is 24.8 Å². The molecule has 0 aromatic carbocycles. The fourth-order valence-corrected chi connectivity index (χ4v) is 3.83. The Morgan fingerprint density at radius 3 is 2.40 bits per heavy atom. The van der Waals surface area contributed by atoms with Crippen molar-refractivity contribution in [3.8, 4) is 0 Å². The number of esters is 1. The molecule has 0 aliphatic rings. The Morgan fingerprint density at radius 1 is 1.40 bits per heavy atom. The fraction of sp³-hybridized carbons (Fsp3) is 0.455. The monoisotopic (exact) mass is 321 g/mol. The molecule has 7 nitrogen and oxygen atoms in total. The van der Waals surface area contributed by atoms with Crippen molar-refractivity contribution in [2.75, 3.05) is 7.11 Å². The van der Waals surface area contributed by atoms with E-state index in [2.05, 4.69) is 9.46 Å². The summed E-state index contributed by atoms with van der Waals surface area (Å²) in [6.07, 6.45) is 0. The van der Waals surface area contributed by atoms with Crippen LogP contribution in [0, 0.1) is 5.92 Å². The Labute approximate surface area is 120 Å². The predicted molar refractivity (Wildman–Crippen MR) is 72.2 cm³/mol. The van der Waals surface area contributed by atoms with Gasteiger partial charge in [0.25, 0.3) is 0 Å². The number of carboxylic acid groups (broad SMARTS) is 1. The van der Waals surface area contributed by atoms with Gasteiger partial charge in [0.2, 0.25) is 10.0 Å². The summed E-state index contributed by atoms with van der Waals surface area (Å²) in [5, 5.41) is 9.99. The molecule has 1 aromatic rings. The maximum atomic E-state index is 12.1. The number of nitrogens with one attached hydrogen (secondary N) is 1. The number of carbonyl (C=O) groups excluding carboxylic acids is 1. The highest BCUT2D eigenvalue weighted by molar-refractivity contribution is 7.89. The van der Waals surface area contributed by atoms with E-state index in [9.17, 15) is 18.0 Å². The maximum Gasteiger partial charge on any atom is 0.345 e. The highest BCUT2D eigenvalue weighted by Crippen LogP contribution is 2.20. The van der Waals surface area contributed by atoms with Gasteiger partial charge in [-0.25, -0.2) is 13.2 Å². The van der Waals surface area contributed by atoms with Crippen LogP contribution in [0.15, 0.2) is 16.3 Å².